The number of hydrogen-bond acceptors (Lipinski definition) is 3. The van der Waals surface area contributed by atoms with Crippen LogP contribution in [0.5, 0.6) is 0 Å². The Kier molecular flexibility index (Phi) is 16.1. The number of amides is 1. The van der Waals surface area contributed by atoms with Crippen LogP contribution in [0.1, 0.15) is 107 Å². The summed E-state index contributed by atoms with van der Waals surface area (Å²) in [5.74, 6) is -0.702. The van der Waals surface area contributed by atoms with Crippen molar-refractivity contribution >= 4 is 23.5 Å². The van der Waals surface area contributed by atoms with Crippen molar-refractivity contribution in [3.63, 3.8) is 0 Å². The lowest BCUT2D eigenvalue weighted by Gasteiger charge is -2.07. The maximum Gasteiger partial charge on any atom is 0.325 e. The van der Waals surface area contributed by atoms with Crippen molar-refractivity contribution in [2.24, 2.45) is 0 Å². The normalized spacial score (nSPS) is 10.7. The monoisotopic (exact) mass is 437 g/mol. The maximum atomic E-state index is 11.9. The van der Waals surface area contributed by atoms with E-state index in [2.05, 4.69) is 12.2 Å². The molecule has 1 aromatic carbocycles. The zero-order valence-electron chi connectivity index (χ0n) is 18.7. The van der Waals surface area contributed by atoms with Crippen LogP contribution in [0.4, 0.5) is 0 Å². The van der Waals surface area contributed by atoms with E-state index in [1.54, 1.807) is 24.3 Å². The van der Waals surface area contributed by atoms with Crippen LogP contribution in [-0.4, -0.2) is 25.0 Å². The zero-order valence-corrected chi connectivity index (χ0v) is 19.5. The standard InChI is InChI=1S/C25H40ClNO3/c1-2-3-4-5-6-7-8-9-10-11-12-13-14-15-20-30-24(28)21-27-25(29)22-16-18-23(26)19-17-22/h16-19H,2-15,20-21H2,1H3,(H,27,29). The van der Waals surface area contributed by atoms with Crippen molar-refractivity contribution in [3.8, 4) is 0 Å². The molecule has 170 valence electrons. The second-order valence-corrected chi connectivity index (χ2v) is 8.44. The van der Waals surface area contributed by atoms with Crippen LogP contribution in [0.2, 0.25) is 5.02 Å². The van der Waals surface area contributed by atoms with Gasteiger partial charge in [-0.3, -0.25) is 9.59 Å². The topological polar surface area (TPSA) is 55.4 Å². The quantitative estimate of drug-likeness (QED) is 0.197. The molecule has 1 amide bonds. The highest BCUT2D eigenvalue weighted by Crippen LogP contribution is 2.13. The first-order valence-electron chi connectivity index (χ1n) is 11.8. The fraction of sp³-hybridized carbons (Fsp3) is 0.680. The van der Waals surface area contributed by atoms with Gasteiger partial charge in [-0.25, -0.2) is 0 Å². The summed E-state index contributed by atoms with van der Waals surface area (Å²) in [7, 11) is 0. The largest absolute Gasteiger partial charge is 0.464 e. The van der Waals surface area contributed by atoms with Gasteiger partial charge < -0.3 is 10.1 Å². The van der Waals surface area contributed by atoms with Gasteiger partial charge in [-0.15, -0.1) is 0 Å². The second kappa shape index (κ2) is 18.2. The van der Waals surface area contributed by atoms with Gasteiger partial charge in [-0.05, 0) is 30.7 Å². The lowest BCUT2D eigenvalue weighted by atomic mass is 10.0. The molecule has 1 aromatic rings. The van der Waals surface area contributed by atoms with Crippen molar-refractivity contribution in [2.45, 2.75) is 96.8 Å². The number of benzene rings is 1. The highest BCUT2D eigenvalue weighted by atomic mass is 35.5. The third-order valence-corrected chi connectivity index (χ3v) is 5.51. The summed E-state index contributed by atoms with van der Waals surface area (Å²) < 4.78 is 5.18. The number of ether oxygens (including phenoxy) is 1. The summed E-state index contributed by atoms with van der Waals surface area (Å²) in [6.45, 7) is 2.58. The first-order valence-corrected chi connectivity index (χ1v) is 12.2. The molecule has 1 N–H and O–H groups in total. The van der Waals surface area contributed by atoms with Crippen molar-refractivity contribution in [3.05, 3.63) is 34.9 Å². The van der Waals surface area contributed by atoms with Crippen LogP contribution >= 0.6 is 11.6 Å². The molecule has 4 nitrogen and oxygen atoms in total. The molecule has 30 heavy (non-hydrogen) atoms. The number of esters is 1. The molecule has 0 heterocycles. The van der Waals surface area contributed by atoms with Crippen LogP contribution in [0.15, 0.2) is 24.3 Å². The van der Waals surface area contributed by atoms with Crippen molar-refractivity contribution in [1.82, 2.24) is 5.32 Å². The van der Waals surface area contributed by atoms with Gasteiger partial charge in [0.05, 0.1) is 6.61 Å². The number of nitrogens with one attached hydrogen (secondary N) is 1. The minimum Gasteiger partial charge on any atom is -0.464 e. The lowest BCUT2D eigenvalue weighted by molar-refractivity contribution is -0.142. The molecule has 0 aromatic heterocycles. The first kappa shape index (κ1) is 26.5. The van der Waals surface area contributed by atoms with Crippen molar-refractivity contribution < 1.29 is 14.3 Å². The molecule has 0 radical (unpaired) electrons. The van der Waals surface area contributed by atoms with Gasteiger partial charge in [0.1, 0.15) is 6.54 Å². The average molecular weight is 438 g/mol. The van der Waals surface area contributed by atoms with E-state index in [-0.39, 0.29) is 12.5 Å². The Morgan fingerprint density at radius 2 is 1.23 bits per heavy atom. The van der Waals surface area contributed by atoms with E-state index < -0.39 is 5.97 Å². The first-order chi connectivity index (χ1) is 14.6. The Balaban J connectivity index is 1.86. The maximum absolute atomic E-state index is 11.9. The van der Waals surface area contributed by atoms with Gasteiger partial charge in [0.25, 0.3) is 5.91 Å². The van der Waals surface area contributed by atoms with Crippen LogP contribution in [0.3, 0.4) is 0 Å². The highest BCUT2D eigenvalue weighted by Gasteiger charge is 2.08. The SMILES string of the molecule is CCCCCCCCCCCCCCCCOC(=O)CNC(=O)c1ccc(Cl)cc1. The highest BCUT2D eigenvalue weighted by molar-refractivity contribution is 6.30. The molecule has 0 atom stereocenters. The molecule has 0 aliphatic heterocycles. The fourth-order valence-corrected chi connectivity index (χ4v) is 3.52. The van der Waals surface area contributed by atoms with E-state index in [0.717, 1.165) is 12.8 Å². The summed E-state index contributed by atoms with van der Waals surface area (Å²) in [6, 6.07) is 6.53. The Labute approximate surface area is 188 Å². The van der Waals surface area contributed by atoms with Gasteiger partial charge >= 0.3 is 5.97 Å². The summed E-state index contributed by atoms with van der Waals surface area (Å²) in [5, 5.41) is 3.13. The second-order valence-electron chi connectivity index (χ2n) is 8.01. The molecule has 0 fully saturated rings. The van der Waals surface area contributed by atoms with E-state index >= 15 is 0 Å². The minimum absolute atomic E-state index is 0.111. The Hall–Kier alpha value is -1.55. The van der Waals surface area contributed by atoms with E-state index in [9.17, 15) is 9.59 Å². The van der Waals surface area contributed by atoms with Crippen molar-refractivity contribution in [2.75, 3.05) is 13.2 Å². The van der Waals surface area contributed by atoms with Crippen LogP contribution < -0.4 is 5.32 Å². The third-order valence-electron chi connectivity index (χ3n) is 5.26. The molecule has 0 saturated carbocycles. The molecule has 0 aliphatic rings. The molecular formula is C25H40ClNO3. The van der Waals surface area contributed by atoms with Crippen molar-refractivity contribution in [1.29, 1.82) is 0 Å². The summed E-state index contributed by atoms with van der Waals surface area (Å²) in [4.78, 5) is 23.6. The van der Waals surface area contributed by atoms with E-state index in [4.69, 9.17) is 16.3 Å². The van der Waals surface area contributed by atoms with E-state index in [1.807, 2.05) is 0 Å². The van der Waals surface area contributed by atoms with Gasteiger partial charge in [0, 0.05) is 10.6 Å². The Bertz CT molecular complexity index is 574. The zero-order chi connectivity index (χ0) is 21.9. The van der Waals surface area contributed by atoms with Crippen LogP contribution in [-0.2, 0) is 9.53 Å². The molecule has 0 bridgehead atoms. The van der Waals surface area contributed by atoms with E-state index in [1.165, 1.54) is 77.0 Å². The number of hydrogen-bond donors (Lipinski definition) is 1. The van der Waals surface area contributed by atoms with Crippen LogP contribution in [0, 0.1) is 0 Å². The number of carbonyl (C=O) groups is 2. The molecule has 0 spiro atoms. The fourth-order valence-electron chi connectivity index (χ4n) is 3.39. The smallest absolute Gasteiger partial charge is 0.325 e. The van der Waals surface area contributed by atoms with Gasteiger partial charge in [0.15, 0.2) is 0 Å². The summed E-state index contributed by atoms with van der Waals surface area (Å²) >= 11 is 5.79. The van der Waals surface area contributed by atoms with Gasteiger partial charge in [-0.2, -0.15) is 0 Å². The lowest BCUT2D eigenvalue weighted by Crippen LogP contribution is -2.30. The Morgan fingerprint density at radius 1 is 0.767 bits per heavy atom. The number of carbonyl (C=O) groups excluding carboxylic acids is 2. The molecule has 1 rings (SSSR count). The summed E-state index contributed by atoms with van der Waals surface area (Å²) in [5.41, 5.74) is 0.471. The molecule has 0 saturated heterocycles. The molecule has 0 unspecified atom stereocenters. The van der Waals surface area contributed by atoms with E-state index in [0.29, 0.717) is 17.2 Å². The third kappa shape index (κ3) is 14.4. The predicted octanol–water partition coefficient (Wildman–Crippen LogP) is 7.09. The summed E-state index contributed by atoms with van der Waals surface area (Å²) in [6.07, 6.45) is 18.2. The predicted molar refractivity (Wildman–Crippen MR) is 125 cm³/mol. The average Bonchev–Trinajstić information content (AvgIpc) is 2.75. The number of unbranched alkanes of at least 4 members (excludes halogenated alkanes) is 13. The minimum atomic E-state index is -0.396. The molecule has 0 aliphatic carbocycles. The van der Waals surface area contributed by atoms with Gasteiger partial charge in [0.2, 0.25) is 0 Å². The Morgan fingerprint density at radius 3 is 1.73 bits per heavy atom. The molecule has 5 heteroatoms. The molecular weight excluding hydrogens is 398 g/mol. The number of halogens is 1. The number of rotatable bonds is 18. The van der Waals surface area contributed by atoms with Crippen LogP contribution in [0.25, 0.3) is 0 Å². The van der Waals surface area contributed by atoms with Gasteiger partial charge in [-0.1, -0.05) is 102 Å².